The van der Waals surface area contributed by atoms with Gasteiger partial charge in [0, 0.05) is 6.54 Å². The van der Waals surface area contributed by atoms with E-state index in [0.717, 1.165) is 0 Å². The summed E-state index contributed by atoms with van der Waals surface area (Å²) in [4.78, 5) is 24.6. The van der Waals surface area contributed by atoms with Gasteiger partial charge in [0.15, 0.2) is 6.10 Å². The number of aliphatic hydroxyl groups is 1. The van der Waals surface area contributed by atoms with Gasteiger partial charge in [0.05, 0.1) is 5.69 Å². The van der Waals surface area contributed by atoms with E-state index >= 15 is 0 Å². The number of fused-ring (bicyclic) bond motifs is 1. The van der Waals surface area contributed by atoms with E-state index in [1.165, 1.54) is 4.90 Å². The molecule has 114 valence electrons. The zero-order chi connectivity index (χ0) is 15.8. The van der Waals surface area contributed by atoms with Gasteiger partial charge in [-0.1, -0.05) is 12.1 Å². The third kappa shape index (κ3) is 3.16. The molecule has 0 saturated heterocycles. The molecule has 2 N–H and O–H groups in total. The van der Waals surface area contributed by atoms with E-state index in [9.17, 15) is 14.7 Å². The van der Waals surface area contributed by atoms with Crippen LogP contribution >= 0.6 is 0 Å². The lowest BCUT2D eigenvalue weighted by atomic mass is 10.0. The van der Waals surface area contributed by atoms with Crippen LogP contribution in [0.2, 0.25) is 0 Å². The lowest BCUT2D eigenvalue weighted by Crippen LogP contribution is -2.35. The van der Waals surface area contributed by atoms with Crippen LogP contribution in [-0.2, 0) is 16.0 Å². The van der Waals surface area contributed by atoms with Crippen molar-refractivity contribution in [2.45, 2.75) is 38.9 Å². The van der Waals surface area contributed by atoms with Crippen LogP contribution in [0.15, 0.2) is 18.2 Å². The van der Waals surface area contributed by atoms with E-state index in [2.05, 4.69) is 0 Å². The zero-order valence-electron chi connectivity index (χ0n) is 12.3. The van der Waals surface area contributed by atoms with E-state index < -0.39 is 23.8 Å². The number of aliphatic carboxylic acids is 1. The van der Waals surface area contributed by atoms with Crippen molar-refractivity contribution in [1.82, 2.24) is 0 Å². The highest BCUT2D eigenvalue weighted by molar-refractivity contribution is 5.91. The minimum absolute atomic E-state index is 0.325. The second kappa shape index (κ2) is 5.37. The number of amides is 1. The maximum Gasteiger partial charge on any atom is 0.414 e. The average molecular weight is 293 g/mol. The standard InChI is InChI=1S/C15H19NO5/c1-15(2,3)21-14(20)16-8-7-9-10(12(17)13(18)19)5-4-6-11(9)16/h4-6,12,17H,7-8H2,1-3H3,(H,18,19). The Morgan fingerprint density at radius 3 is 2.57 bits per heavy atom. The summed E-state index contributed by atoms with van der Waals surface area (Å²) in [6.07, 6.45) is -1.56. The fourth-order valence-electron chi connectivity index (χ4n) is 2.36. The molecule has 1 aromatic rings. The highest BCUT2D eigenvalue weighted by Gasteiger charge is 2.32. The smallest absolute Gasteiger partial charge is 0.414 e. The first-order chi connectivity index (χ1) is 9.70. The van der Waals surface area contributed by atoms with E-state index in [1.54, 1.807) is 39.0 Å². The fraction of sp³-hybridized carbons (Fsp3) is 0.467. The molecule has 6 nitrogen and oxygen atoms in total. The third-order valence-corrected chi connectivity index (χ3v) is 3.21. The van der Waals surface area contributed by atoms with Crippen molar-refractivity contribution in [1.29, 1.82) is 0 Å². The maximum absolute atomic E-state index is 12.2. The molecular formula is C15H19NO5. The third-order valence-electron chi connectivity index (χ3n) is 3.21. The summed E-state index contributed by atoms with van der Waals surface area (Å²) in [7, 11) is 0. The highest BCUT2D eigenvalue weighted by atomic mass is 16.6. The number of carbonyl (C=O) groups excluding carboxylic acids is 1. The SMILES string of the molecule is CC(C)(C)OC(=O)N1CCc2c(C(O)C(=O)O)cccc21. The number of carboxylic acid groups (broad SMARTS) is 1. The van der Waals surface area contributed by atoms with Gasteiger partial charge in [0.2, 0.25) is 0 Å². The molecule has 0 radical (unpaired) electrons. The van der Waals surface area contributed by atoms with Crippen LogP contribution < -0.4 is 4.90 Å². The Morgan fingerprint density at radius 2 is 2.00 bits per heavy atom. The highest BCUT2D eigenvalue weighted by Crippen LogP contribution is 2.34. The number of hydrogen-bond acceptors (Lipinski definition) is 4. The molecular weight excluding hydrogens is 274 g/mol. The first kappa shape index (κ1) is 15.3. The minimum Gasteiger partial charge on any atom is -0.479 e. The molecule has 1 aliphatic heterocycles. The quantitative estimate of drug-likeness (QED) is 0.872. The van der Waals surface area contributed by atoms with Crippen molar-refractivity contribution in [3.8, 4) is 0 Å². The number of carboxylic acids is 1. The van der Waals surface area contributed by atoms with Gasteiger partial charge >= 0.3 is 12.1 Å². The topological polar surface area (TPSA) is 87.1 Å². The molecule has 0 aromatic heterocycles. The van der Waals surface area contributed by atoms with Gasteiger partial charge in [0.1, 0.15) is 5.60 Å². The molecule has 0 spiro atoms. The van der Waals surface area contributed by atoms with Gasteiger partial charge in [-0.3, -0.25) is 4.90 Å². The van der Waals surface area contributed by atoms with Crippen molar-refractivity contribution >= 4 is 17.7 Å². The molecule has 1 amide bonds. The van der Waals surface area contributed by atoms with E-state index in [0.29, 0.717) is 29.8 Å². The Labute approximate surface area is 122 Å². The van der Waals surface area contributed by atoms with Crippen LogP contribution in [0.3, 0.4) is 0 Å². The molecule has 0 fully saturated rings. The second-order valence-corrected chi connectivity index (χ2v) is 5.97. The number of nitrogens with zero attached hydrogens (tertiary/aromatic N) is 1. The Balaban J connectivity index is 2.31. The Bertz CT molecular complexity index is 576. The Morgan fingerprint density at radius 1 is 1.33 bits per heavy atom. The summed E-state index contributed by atoms with van der Waals surface area (Å²) < 4.78 is 5.33. The van der Waals surface area contributed by atoms with Crippen LogP contribution in [0.25, 0.3) is 0 Å². The summed E-state index contributed by atoms with van der Waals surface area (Å²) >= 11 is 0. The van der Waals surface area contributed by atoms with Gasteiger partial charge in [-0.25, -0.2) is 9.59 Å². The second-order valence-electron chi connectivity index (χ2n) is 5.97. The maximum atomic E-state index is 12.2. The molecule has 6 heteroatoms. The van der Waals surface area contributed by atoms with E-state index in [4.69, 9.17) is 9.84 Å². The summed E-state index contributed by atoms with van der Waals surface area (Å²) in [6.45, 7) is 5.76. The molecule has 1 heterocycles. The van der Waals surface area contributed by atoms with Crippen LogP contribution in [-0.4, -0.2) is 34.4 Å². The first-order valence-corrected chi connectivity index (χ1v) is 6.74. The normalized spacial score (nSPS) is 15.5. The lowest BCUT2D eigenvalue weighted by molar-refractivity contribution is -0.147. The molecule has 2 rings (SSSR count). The Hall–Kier alpha value is -2.08. The minimum atomic E-state index is -1.58. The monoisotopic (exact) mass is 293 g/mol. The fourth-order valence-corrected chi connectivity index (χ4v) is 2.36. The molecule has 0 bridgehead atoms. The number of hydrogen-bond donors (Lipinski definition) is 2. The van der Waals surface area contributed by atoms with Crippen molar-refractivity contribution in [2.24, 2.45) is 0 Å². The number of rotatable bonds is 2. The first-order valence-electron chi connectivity index (χ1n) is 6.74. The summed E-state index contributed by atoms with van der Waals surface area (Å²) in [5, 5.41) is 18.7. The van der Waals surface area contributed by atoms with Crippen molar-refractivity contribution in [2.75, 3.05) is 11.4 Å². The number of aliphatic hydroxyl groups excluding tert-OH is 1. The molecule has 1 unspecified atom stereocenters. The summed E-state index contributed by atoms with van der Waals surface area (Å²) in [5.41, 5.74) is 1.00. The van der Waals surface area contributed by atoms with Gasteiger partial charge in [-0.2, -0.15) is 0 Å². The molecule has 1 aromatic carbocycles. The largest absolute Gasteiger partial charge is 0.479 e. The van der Waals surface area contributed by atoms with Crippen molar-refractivity contribution in [3.63, 3.8) is 0 Å². The number of carbonyl (C=O) groups is 2. The Kier molecular flexibility index (Phi) is 3.91. The van der Waals surface area contributed by atoms with Crippen molar-refractivity contribution in [3.05, 3.63) is 29.3 Å². The molecule has 0 saturated carbocycles. The van der Waals surface area contributed by atoms with Gasteiger partial charge < -0.3 is 14.9 Å². The van der Waals surface area contributed by atoms with Crippen LogP contribution in [0.5, 0.6) is 0 Å². The van der Waals surface area contributed by atoms with Gasteiger partial charge in [-0.05, 0) is 44.4 Å². The van der Waals surface area contributed by atoms with Crippen molar-refractivity contribution < 1.29 is 24.5 Å². The molecule has 1 aliphatic rings. The molecule has 1 atom stereocenters. The summed E-state index contributed by atoms with van der Waals surface area (Å²) in [6, 6.07) is 4.92. The predicted octanol–water partition coefficient (Wildman–Crippen LogP) is 2.10. The number of ether oxygens (including phenoxy) is 1. The van der Waals surface area contributed by atoms with Gasteiger partial charge in [0.25, 0.3) is 0 Å². The van der Waals surface area contributed by atoms with Crippen LogP contribution in [0, 0.1) is 0 Å². The van der Waals surface area contributed by atoms with E-state index in [1.807, 2.05) is 0 Å². The van der Waals surface area contributed by atoms with E-state index in [-0.39, 0.29) is 0 Å². The number of anilines is 1. The molecule has 21 heavy (non-hydrogen) atoms. The molecule has 0 aliphatic carbocycles. The lowest BCUT2D eigenvalue weighted by Gasteiger charge is -2.25. The number of benzene rings is 1. The average Bonchev–Trinajstić information content (AvgIpc) is 2.79. The van der Waals surface area contributed by atoms with Crippen LogP contribution in [0.1, 0.15) is 38.0 Å². The van der Waals surface area contributed by atoms with Gasteiger partial charge in [-0.15, -0.1) is 0 Å². The zero-order valence-corrected chi connectivity index (χ0v) is 12.3. The van der Waals surface area contributed by atoms with Crippen LogP contribution in [0.4, 0.5) is 10.5 Å². The predicted molar refractivity (Wildman–Crippen MR) is 76.3 cm³/mol. The summed E-state index contributed by atoms with van der Waals surface area (Å²) in [5.74, 6) is -1.31.